The molecule has 2 N–H and O–H groups in total. The van der Waals surface area contributed by atoms with Gasteiger partial charge in [-0.1, -0.05) is 0 Å². The predicted molar refractivity (Wildman–Crippen MR) is 56.8 cm³/mol. The quantitative estimate of drug-likeness (QED) is 0.727. The van der Waals surface area contributed by atoms with Gasteiger partial charge in [-0.3, -0.25) is 4.79 Å². The maximum absolute atomic E-state index is 11.4. The number of carboxylic acid groups (broad SMARTS) is 1. The molecule has 92 valence electrons. The smallest absolute Gasteiger partial charge is 0.312 e. The summed E-state index contributed by atoms with van der Waals surface area (Å²) in [6.07, 6.45) is 1.85. The molecule has 1 heterocycles. The van der Waals surface area contributed by atoms with Gasteiger partial charge in [0.1, 0.15) is 9.84 Å². The van der Waals surface area contributed by atoms with Gasteiger partial charge in [-0.15, -0.1) is 0 Å². The fraction of sp³-hybridized carbons (Fsp3) is 0.900. The summed E-state index contributed by atoms with van der Waals surface area (Å²) in [4.78, 5) is 11.4. The van der Waals surface area contributed by atoms with Crippen molar-refractivity contribution in [2.45, 2.75) is 37.7 Å². The van der Waals surface area contributed by atoms with E-state index in [9.17, 15) is 23.4 Å². The Balaban J connectivity index is 2.29. The lowest BCUT2D eigenvalue weighted by atomic mass is 9.58. The maximum atomic E-state index is 11.4. The Morgan fingerprint density at radius 1 is 1.06 bits per heavy atom. The molecule has 16 heavy (non-hydrogen) atoms. The molecular formula is C10H16O5S. The van der Waals surface area contributed by atoms with E-state index in [0.717, 1.165) is 6.42 Å². The fourth-order valence-corrected chi connectivity index (χ4v) is 4.28. The number of rotatable bonds is 2. The van der Waals surface area contributed by atoms with E-state index in [2.05, 4.69) is 0 Å². The van der Waals surface area contributed by atoms with E-state index in [1.807, 2.05) is 0 Å². The second-order valence-corrected chi connectivity index (χ2v) is 7.23. The van der Waals surface area contributed by atoms with Crippen LogP contribution in [0.3, 0.4) is 0 Å². The first-order valence-electron chi connectivity index (χ1n) is 5.48. The molecule has 2 fully saturated rings. The average molecular weight is 248 g/mol. The number of hydrogen-bond acceptors (Lipinski definition) is 4. The van der Waals surface area contributed by atoms with Crippen LogP contribution in [0.1, 0.15) is 32.1 Å². The largest absolute Gasteiger partial charge is 0.481 e. The third-order valence-corrected chi connectivity index (χ3v) is 5.81. The second-order valence-electron chi connectivity index (χ2n) is 4.92. The Kier molecular flexibility index (Phi) is 2.54. The molecule has 0 unspecified atom stereocenters. The van der Waals surface area contributed by atoms with Gasteiger partial charge in [-0.05, 0) is 32.1 Å². The van der Waals surface area contributed by atoms with E-state index in [0.29, 0.717) is 12.8 Å². The van der Waals surface area contributed by atoms with Gasteiger partial charge in [0, 0.05) is 0 Å². The van der Waals surface area contributed by atoms with Gasteiger partial charge in [0.2, 0.25) is 0 Å². The van der Waals surface area contributed by atoms with E-state index >= 15 is 0 Å². The molecule has 0 radical (unpaired) electrons. The predicted octanol–water partition coefficient (Wildman–Crippen LogP) is 0.181. The molecule has 1 saturated carbocycles. The highest BCUT2D eigenvalue weighted by Crippen LogP contribution is 2.52. The summed E-state index contributed by atoms with van der Waals surface area (Å²) in [6.45, 7) is 0. The van der Waals surface area contributed by atoms with Crippen LogP contribution in [0.25, 0.3) is 0 Å². The summed E-state index contributed by atoms with van der Waals surface area (Å²) in [6, 6.07) is 0. The highest BCUT2D eigenvalue weighted by Gasteiger charge is 2.60. The average Bonchev–Trinajstić information content (AvgIpc) is 2.14. The highest BCUT2D eigenvalue weighted by atomic mass is 32.2. The van der Waals surface area contributed by atoms with Crippen LogP contribution in [-0.4, -0.2) is 41.7 Å². The van der Waals surface area contributed by atoms with Crippen LogP contribution in [0.5, 0.6) is 0 Å². The lowest BCUT2D eigenvalue weighted by Gasteiger charge is -2.51. The first-order valence-corrected chi connectivity index (χ1v) is 7.30. The summed E-state index contributed by atoms with van der Waals surface area (Å²) in [5, 5.41) is 19.6. The molecular weight excluding hydrogens is 232 g/mol. The molecule has 0 aromatic rings. The van der Waals surface area contributed by atoms with Gasteiger partial charge in [0.05, 0.1) is 22.5 Å². The van der Waals surface area contributed by atoms with E-state index in [1.54, 1.807) is 0 Å². The van der Waals surface area contributed by atoms with Crippen molar-refractivity contribution in [1.82, 2.24) is 0 Å². The van der Waals surface area contributed by atoms with Gasteiger partial charge < -0.3 is 10.2 Å². The topological polar surface area (TPSA) is 91.7 Å². The Morgan fingerprint density at radius 3 is 1.88 bits per heavy atom. The standard InChI is InChI=1S/C10H16O5S/c11-8(12)9(10(13)2-1-3-10)4-6-16(14,15)7-5-9/h13H,1-7H2,(H,11,12). The molecule has 6 heteroatoms. The van der Waals surface area contributed by atoms with Gasteiger partial charge in [-0.25, -0.2) is 8.42 Å². The molecule has 1 aliphatic carbocycles. The number of aliphatic hydroxyl groups is 1. The Hall–Kier alpha value is -0.620. The molecule has 1 aliphatic heterocycles. The van der Waals surface area contributed by atoms with Crippen LogP contribution in [0, 0.1) is 5.41 Å². The number of carboxylic acids is 1. The third kappa shape index (κ3) is 1.55. The van der Waals surface area contributed by atoms with E-state index in [4.69, 9.17) is 0 Å². The highest BCUT2D eigenvalue weighted by molar-refractivity contribution is 7.91. The van der Waals surface area contributed by atoms with Crippen molar-refractivity contribution >= 4 is 15.8 Å². The van der Waals surface area contributed by atoms with Crippen LogP contribution in [-0.2, 0) is 14.6 Å². The van der Waals surface area contributed by atoms with Gasteiger partial charge in [0.25, 0.3) is 0 Å². The van der Waals surface area contributed by atoms with Crippen molar-refractivity contribution < 1.29 is 23.4 Å². The normalized spacial score (nSPS) is 30.3. The van der Waals surface area contributed by atoms with Crippen molar-refractivity contribution in [2.24, 2.45) is 5.41 Å². The molecule has 0 spiro atoms. The van der Waals surface area contributed by atoms with E-state index < -0.39 is 26.8 Å². The first-order chi connectivity index (χ1) is 7.31. The lowest BCUT2D eigenvalue weighted by molar-refractivity contribution is -0.186. The minimum absolute atomic E-state index is 0.0428. The van der Waals surface area contributed by atoms with Gasteiger partial charge in [-0.2, -0.15) is 0 Å². The lowest BCUT2D eigenvalue weighted by Crippen LogP contribution is -2.60. The van der Waals surface area contributed by atoms with Crippen LogP contribution in [0.2, 0.25) is 0 Å². The first kappa shape index (κ1) is 11.9. The minimum atomic E-state index is -3.11. The molecule has 2 rings (SSSR count). The summed E-state index contributed by atoms with van der Waals surface area (Å²) >= 11 is 0. The zero-order valence-corrected chi connectivity index (χ0v) is 9.79. The minimum Gasteiger partial charge on any atom is -0.481 e. The molecule has 5 nitrogen and oxygen atoms in total. The van der Waals surface area contributed by atoms with Crippen molar-refractivity contribution in [1.29, 1.82) is 0 Å². The van der Waals surface area contributed by atoms with Crippen LogP contribution < -0.4 is 0 Å². The number of aliphatic carboxylic acids is 1. The van der Waals surface area contributed by atoms with Crippen LogP contribution >= 0.6 is 0 Å². The fourth-order valence-electron chi connectivity index (χ4n) is 2.76. The second kappa shape index (κ2) is 3.43. The van der Waals surface area contributed by atoms with Crippen LogP contribution in [0.15, 0.2) is 0 Å². The van der Waals surface area contributed by atoms with E-state index in [1.165, 1.54) is 0 Å². The monoisotopic (exact) mass is 248 g/mol. The summed E-state index contributed by atoms with van der Waals surface area (Å²) in [5.74, 6) is -1.30. The number of sulfone groups is 1. The molecule has 0 aromatic heterocycles. The van der Waals surface area contributed by atoms with Crippen LogP contribution in [0.4, 0.5) is 0 Å². The van der Waals surface area contributed by atoms with Gasteiger partial charge >= 0.3 is 5.97 Å². The zero-order chi connectivity index (χ0) is 12.0. The summed E-state index contributed by atoms with van der Waals surface area (Å²) in [5.41, 5.74) is -2.43. The van der Waals surface area contributed by atoms with Crippen molar-refractivity contribution in [3.05, 3.63) is 0 Å². The van der Waals surface area contributed by atoms with E-state index in [-0.39, 0.29) is 24.3 Å². The summed E-state index contributed by atoms with van der Waals surface area (Å²) in [7, 11) is -3.11. The molecule has 0 atom stereocenters. The van der Waals surface area contributed by atoms with Crippen molar-refractivity contribution in [2.75, 3.05) is 11.5 Å². The molecule has 0 amide bonds. The molecule has 2 aliphatic rings. The SMILES string of the molecule is O=C(O)C1(C2(O)CCC2)CCS(=O)(=O)CC1. The van der Waals surface area contributed by atoms with Crippen molar-refractivity contribution in [3.63, 3.8) is 0 Å². The zero-order valence-electron chi connectivity index (χ0n) is 8.98. The Bertz CT molecular complexity index is 393. The molecule has 0 aromatic carbocycles. The van der Waals surface area contributed by atoms with Gasteiger partial charge in [0.15, 0.2) is 0 Å². The molecule has 1 saturated heterocycles. The molecule has 0 bridgehead atoms. The third-order valence-electron chi connectivity index (χ3n) is 4.16. The Morgan fingerprint density at radius 2 is 1.56 bits per heavy atom. The number of hydrogen-bond donors (Lipinski definition) is 2. The van der Waals surface area contributed by atoms with Crippen molar-refractivity contribution in [3.8, 4) is 0 Å². The summed E-state index contributed by atoms with van der Waals surface area (Å²) < 4.78 is 22.6. The number of carbonyl (C=O) groups is 1. The Labute approximate surface area is 94.4 Å². The maximum Gasteiger partial charge on any atom is 0.312 e.